The van der Waals surface area contributed by atoms with Crippen LogP contribution in [0.4, 0.5) is 13.2 Å². The second-order valence-electron chi connectivity index (χ2n) is 5.89. The summed E-state index contributed by atoms with van der Waals surface area (Å²) in [4.78, 5) is 17.6. The van der Waals surface area contributed by atoms with Crippen LogP contribution < -0.4 is 5.32 Å². The Balaban J connectivity index is 1.91. The van der Waals surface area contributed by atoms with Gasteiger partial charge in [-0.05, 0) is 36.3 Å². The maximum absolute atomic E-state index is 12.5. The Morgan fingerprint density at radius 1 is 1.04 bits per heavy atom. The zero-order valence-electron chi connectivity index (χ0n) is 14.8. The highest BCUT2D eigenvalue weighted by atomic mass is 19.4. The number of aromatic nitrogens is 1. The third-order valence-corrected chi connectivity index (χ3v) is 4.09. The van der Waals surface area contributed by atoms with E-state index >= 15 is 0 Å². The highest BCUT2D eigenvalue weighted by Crippen LogP contribution is 2.27. The van der Waals surface area contributed by atoms with Crippen LogP contribution in [-0.4, -0.2) is 28.9 Å². The Morgan fingerprint density at radius 3 is 2.15 bits per heavy atom. The molecule has 0 saturated carbocycles. The lowest BCUT2D eigenvalue weighted by atomic mass is 10.1. The molecule has 0 aliphatic carbocycles. The topological polar surface area (TPSA) is 45.2 Å². The van der Waals surface area contributed by atoms with E-state index in [0.29, 0.717) is 6.54 Å². The van der Waals surface area contributed by atoms with Crippen molar-refractivity contribution in [2.75, 3.05) is 13.1 Å². The molecule has 1 heterocycles. The molecular formula is C19H22F3N3O. The summed E-state index contributed by atoms with van der Waals surface area (Å²) in [6.45, 7) is 7.36. The van der Waals surface area contributed by atoms with E-state index < -0.39 is 17.8 Å². The number of carbonyl (C=O) groups excluding carboxylic acids is 1. The first-order valence-electron chi connectivity index (χ1n) is 8.45. The number of hydrogen-bond acceptors (Lipinski definition) is 3. The van der Waals surface area contributed by atoms with Crippen LogP contribution in [0.5, 0.6) is 0 Å². The Morgan fingerprint density at radius 2 is 1.65 bits per heavy atom. The van der Waals surface area contributed by atoms with E-state index in [2.05, 4.69) is 29.0 Å². The molecule has 0 radical (unpaired) electrons. The summed E-state index contributed by atoms with van der Waals surface area (Å²) >= 11 is 0. The van der Waals surface area contributed by atoms with Gasteiger partial charge in [0.15, 0.2) is 0 Å². The van der Waals surface area contributed by atoms with Gasteiger partial charge in [-0.1, -0.05) is 38.1 Å². The molecule has 0 bridgehead atoms. The van der Waals surface area contributed by atoms with Gasteiger partial charge in [0.2, 0.25) is 0 Å². The van der Waals surface area contributed by atoms with Gasteiger partial charge in [0, 0.05) is 19.3 Å². The van der Waals surface area contributed by atoms with E-state index in [1.54, 1.807) is 0 Å². The van der Waals surface area contributed by atoms with Crippen LogP contribution in [-0.2, 0) is 19.3 Å². The van der Waals surface area contributed by atoms with Gasteiger partial charge >= 0.3 is 6.18 Å². The molecule has 0 saturated heterocycles. The number of pyridine rings is 1. The van der Waals surface area contributed by atoms with Crippen LogP contribution >= 0.6 is 0 Å². The van der Waals surface area contributed by atoms with E-state index in [-0.39, 0.29) is 5.56 Å². The number of nitrogens with zero attached hydrogens (tertiary/aromatic N) is 2. The molecule has 0 fully saturated rings. The van der Waals surface area contributed by atoms with Crippen molar-refractivity contribution in [3.05, 3.63) is 65.0 Å². The van der Waals surface area contributed by atoms with Crippen LogP contribution in [0.1, 0.15) is 41.0 Å². The molecule has 4 nitrogen and oxygen atoms in total. The lowest BCUT2D eigenvalue weighted by molar-refractivity contribution is -0.141. The van der Waals surface area contributed by atoms with Crippen LogP contribution in [0.3, 0.4) is 0 Å². The molecule has 140 valence electrons. The minimum absolute atomic E-state index is 0.0937. The van der Waals surface area contributed by atoms with Crippen molar-refractivity contribution >= 4 is 5.91 Å². The fraction of sp³-hybridized carbons (Fsp3) is 0.368. The maximum atomic E-state index is 12.5. The maximum Gasteiger partial charge on any atom is 0.433 e. The molecular weight excluding hydrogens is 343 g/mol. The van der Waals surface area contributed by atoms with Crippen molar-refractivity contribution in [1.82, 2.24) is 15.2 Å². The molecule has 0 spiro atoms. The van der Waals surface area contributed by atoms with Crippen LogP contribution in [0.15, 0.2) is 42.6 Å². The van der Waals surface area contributed by atoms with Crippen LogP contribution in [0.25, 0.3) is 0 Å². The van der Waals surface area contributed by atoms with Crippen molar-refractivity contribution < 1.29 is 18.0 Å². The Bertz CT molecular complexity index is 708. The van der Waals surface area contributed by atoms with Crippen molar-refractivity contribution in [3.8, 4) is 0 Å². The smallest absolute Gasteiger partial charge is 0.348 e. The van der Waals surface area contributed by atoms with Crippen molar-refractivity contribution in [2.24, 2.45) is 0 Å². The van der Waals surface area contributed by atoms with Gasteiger partial charge in [-0.2, -0.15) is 13.2 Å². The monoisotopic (exact) mass is 365 g/mol. The summed E-state index contributed by atoms with van der Waals surface area (Å²) in [6, 6.07) is 9.82. The van der Waals surface area contributed by atoms with Gasteiger partial charge < -0.3 is 5.32 Å². The number of amides is 1. The largest absolute Gasteiger partial charge is 0.433 e. The normalized spacial score (nSPS) is 11.6. The first-order chi connectivity index (χ1) is 12.3. The minimum atomic E-state index is -4.51. The van der Waals surface area contributed by atoms with Gasteiger partial charge in [-0.15, -0.1) is 0 Å². The quantitative estimate of drug-likeness (QED) is 0.810. The highest BCUT2D eigenvalue weighted by Gasteiger charge is 2.32. The Labute approximate surface area is 151 Å². The molecule has 0 aliphatic rings. The third-order valence-electron chi connectivity index (χ3n) is 4.09. The van der Waals surface area contributed by atoms with E-state index in [1.807, 2.05) is 24.3 Å². The third kappa shape index (κ3) is 5.56. The Hall–Kier alpha value is -2.41. The van der Waals surface area contributed by atoms with Crippen LogP contribution in [0, 0.1) is 0 Å². The minimum Gasteiger partial charge on any atom is -0.348 e. The highest BCUT2D eigenvalue weighted by molar-refractivity contribution is 5.93. The standard InChI is InChI=1S/C19H22F3N3O/c1-3-25(4-2)13-15-7-5-14(6-8-15)11-24-18(26)16-9-10-17(23-12-16)19(20,21)22/h5-10,12H,3-4,11,13H2,1-2H3,(H,24,26). The number of rotatable bonds is 7. The summed E-state index contributed by atoms with van der Waals surface area (Å²) in [5.41, 5.74) is 1.19. The number of benzene rings is 1. The van der Waals surface area contributed by atoms with Gasteiger partial charge in [0.25, 0.3) is 5.91 Å². The number of carbonyl (C=O) groups is 1. The zero-order valence-corrected chi connectivity index (χ0v) is 14.8. The molecule has 0 aliphatic heterocycles. The average molecular weight is 365 g/mol. The fourth-order valence-electron chi connectivity index (χ4n) is 2.45. The summed E-state index contributed by atoms with van der Waals surface area (Å²) in [5.74, 6) is -0.460. The van der Waals surface area contributed by atoms with Crippen molar-refractivity contribution in [2.45, 2.75) is 33.1 Å². The van der Waals surface area contributed by atoms with Gasteiger partial charge in [0.1, 0.15) is 5.69 Å². The fourth-order valence-corrected chi connectivity index (χ4v) is 2.45. The van der Waals surface area contributed by atoms with Gasteiger partial charge in [-0.3, -0.25) is 14.7 Å². The summed E-state index contributed by atoms with van der Waals surface area (Å²) in [5, 5.41) is 2.69. The van der Waals surface area contributed by atoms with E-state index in [9.17, 15) is 18.0 Å². The number of nitrogens with one attached hydrogen (secondary N) is 1. The van der Waals surface area contributed by atoms with Gasteiger partial charge in [0.05, 0.1) is 5.56 Å². The molecule has 2 aromatic rings. The van der Waals surface area contributed by atoms with Gasteiger partial charge in [-0.25, -0.2) is 0 Å². The molecule has 0 atom stereocenters. The predicted octanol–water partition coefficient (Wildman–Crippen LogP) is 3.87. The van der Waals surface area contributed by atoms with Crippen LogP contribution in [0.2, 0.25) is 0 Å². The zero-order chi connectivity index (χ0) is 19.2. The van der Waals surface area contributed by atoms with Crippen molar-refractivity contribution in [3.63, 3.8) is 0 Å². The lowest BCUT2D eigenvalue weighted by Crippen LogP contribution is -2.23. The molecule has 1 aromatic heterocycles. The molecule has 1 N–H and O–H groups in total. The van der Waals surface area contributed by atoms with E-state index in [1.165, 1.54) is 5.56 Å². The second-order valence-corrected chi connectivity index (χ2v) is 5.89. The number of hydrogen-bond donors (Lipinski definition) is 1. The lowest BCUT2D eigenvalue weighted by Gasteiger charge is -2.18. The predicted molar refractivity (Wildman–Crippen MR) is 93.5 cm³/mol. The van der Waals surface area contributed by atoms with E-state index in [4.69, 9.17) is 0 Å². The molecule has 2 rings (SSSR count). The average Bonchev–Trinajstić information content (AvgIpc) is 2.64. The SMILES string of the molecule is CCN(CC)Cc1ccc(CNC(=O)c2ccc(C(F)(F)F)nc2)cc1. The molecule has 1 amide bonds. The first-order valence-corrected chi connectivity index (χ1v) is 8.45. The molecule has 7 heteroatoms. The first kappa shape index (κ1) is 19.9. The molecule has 26 heavy (non-hydrogen) atoms. The summed E-state index contributed by atoms with van der Waals surface area (Å²) in [6.07, 6.45) is -3.58. The second kappa shape index (κ2) is 8.80. The number of halogens is 3. The molecule has 1 aromatic carbocycles. The van der Waals surface area contributed by atoms with Crippen molar-refractivity contribution in [1.29, 1.82) is 0 Å². The van der Waals surface area contributed by atoms with E-state index in [0.717, 1.165) is 43.5 Å². The summed E-state index contributed by atoms with van der Waals surface area (Å²) < 4.78 is 37.4. The Kier molecular flexibility index (Phi) is 6.74. The number of alkyl halides is 3. The summed E-state index contributed by atoms with van der Waals surface area (Å²) in [7, 11) is 0. The molecule has 0 unspecified atom stereocenters.